The van der Waals surface area contributed by atoms with E-state index >= 15 is 0 Å². The average molecular weight is 237 g/mol. The zero-order chi connectivity index (χ0) is 11.8. The fourth-order valence-electron chi connectivity index (χ4n) is 2.01. The van der Waals surface area contributed by atoms with Gasteiger partial charge in [0.15, 0.2) is 0 Å². The lowest BCUT2D eigenvalue weighted by Gasteiger charge is -2.24. The lowest BCUT2D eigenvalue weighted by atomic mass is 9.94. The Morgan fingerprint density at radius 2 is 2.12 bits per heavy atom. The highest BCUT2D eigenvalue weighted by molar-refractivity contribution is 8.01. The number of hydrogen-bond acceptors (Lipinski definition) is 4. The van der Waals surface area contributed by atoms with Crippen molar-refractivity contribution in [3.05, 3.63) is 35.9 Å². The Hall–Kier alpha value is -1.00. The lowest BCUT2D eigenvalue weighted by Crippen LogP contribution is -2.45. The van der Waals surface area contributed by atoms with Gasteiger partial charge in [0, 0.05) is 5.25 Å². The minimum absolute atomic E-state index is 0.0269. The maximum atomic E-state index is 10.9. The Morgan fingerprint density at radius 1 is 1.50 bits per heavy atom. The van der Waals surface area contributed by atoms with E-state index in [4.69, 9.17) is 0 Å². The summed E-state index contributed by atoms with van der Waals surface area (Å²) in [5.74, 6) is -1.19. The van der Waals surface area contributed by atoms with Crippen molar-refractivity contribution in [1.82, 2.24) is 0 Å². The van der Waals surface area contributed by atoms with E-state index in [0.29, 0.717) is 6.42 Å². The minimum Gasteiger partial charge on any atom is -0.549 e. The van der Waals surface area contributed by atoms with Gasteiger partial charge in [0.1, 0.15) is 0 Å². The second kappa shape index (κ2) is 4.11. The van der Waals surface area contributed by atoms with Gasteiger partial charge in [-0.2, -0.15) is 0 Å². The topological polar surface area (TPSA) is 60.4 Å². The quantitative estimate of drug-likeness (QED) is 0.824. The van der Waals surface area contributed by atoms with Crippen LogP contribution in [-0.4, -0.2) is 21.9 Å². The monoisotopic (exact) mass is 237 g/mol. The normalized spacial score (nSPS) is 33.9. The van der Waals surface area contributed by atoms with Crippen molar-refractivity contribution in [2.24, 2.45) is 0 Å². The van der Waals surface area contributed by atoms with Crippen molar-refractivity contribution in [3.63, 3.8) is 0 Å². The fraction of sp³-hybridized carbons (Fsp3) is 0.417. The van der Waals surface area contributed by atoms with E-state index in [1.807, 2.05) is 30.3 Å². The molecular formula is C12H13O3S-. The van der Waals surface area contributed by atoms with Crippen LogP contribution in [0.3, 0.4) is 0 Å². The summed E-state index contributed by atoms with van der Waals surface area (Å²) < 4.78 is 0. The molecule has 0 bridgehead atoms. The van der Waals surface area contributed by atoms with Crippen molar-refractivity contribution >= 4 is 17.7 Å². The van der Waals surface area contributed by atoms with Crippen LogP contribution in [0.4, 0.5) is 0 Å². The second-order valence-electron chi connectivity index (χ2n) is 4.30. The molecule has 3 atom stereocenters. The number of rotatable bonds is 2. The van der Waals surface area contributed by atoms with Crippen LogP contribution in [0.25, 0.3) is 0 Å². The Labute approximate surface area is 98.5 Å². The highest BCUT2D eigenvalue weighted by Crippen LogP contribution is 2.49. The molecule has 1 aliphatic rings. The van der Waals surface area contributed by atoms with E-state index in [-0.39, 0.29) is 5.25 Å². The fourth-order valence-corrected chi connectivity index (χ4v) is 3.59. The first-order chi connectivity index (χ1) is 7.50. The molecule has 1 saturated heterocycles. The standard InChI is InChI=1S/C12H14O3S/c1-12(15)7-9(16-10(12)11(13)14)8-5-3-2-4-6-8/h2-6,9-10,15H,7H2,1H3,(H,13,14)/p-1/t9-,10-,12+/m1/s1. The molecule has 4 heteroatoms. The summed E-state index contributed by atoms with van der Waals surface area (Å²) >= 11 is 1.27. The lowest BCUT2D eigenvalue weighted by molar-refractivity contribution is -0.307. The largest absolute Gasteiger partial charge is 0.549 e. The number of carbonyl (C=O) groups excluding carboxylic acids is 1. The first-order valence-electron chi connectivity index (χ1n) is 5.14. The van der Waals surface area contributed by atoms with Crippen LogP contribution >= 0.6 is 11.8 Å². The molecule has 0 amide bonds. The highest BCUT2D eigenvalue weighted by atomic mass is 32.2. The number of carbonyl (C=O) groups is 1. The van der Waals surface area contributed by atoms with Gasteiger partial charge in [0.05, 0.1) is 16.8 Å². The summed E-state index contributed by atoms with van der Waals surface area (Å²) in [4.78, 5) is 10.9. The number of benzene rings is 1. The highest BCUT2D eigenvalue weighted by Gasteiger charge is 2.44. The molecule has 0 aliphatic carbocycles. The molecule has 1 aromatic carbocycles. The van der Waals surface area contributed by atoms with E-state index in [2.05, 4.69) is 0 Å². The maximum Gasteiger partial charge on any atom is 0.0804 e. The molecule has 0 radical (unpaired) electrons. The second-order valence-corrected chi connectivity index (χ2v) is 5.61. The molecule has 3 nitrogen and oxygen atoms in total. The Balaban J connectivity index is 2.21. The summed E-state index contributed by atoms with van der Waals surface area (Å²) in [6.45, 7) is 1.56. The van der Waals surface area contributed by atoms with E-state index < -0.39 is 16.8 Å². The third-order valence-electron chi connectivity index (χ3n) is 2.85. The van der Waals surface area contributed by atoms with Gasteiger partial charge in [-0.15, -0.1) is 11.8 Å². The molecule has 1 N–H and O–H groups in total. The Bertz CT molecular complexity index is 389. The van der Waals surface area contributed by atoms with E-state index in [1.54, 1.807) is 6.92 Å². The van der Waals surface area contributed by atoms with Crippen molar-refractivity contribution < 1.29 is 15.0 Å². The molecule has 16 heavy (non-hydrogen) atoms. The molecule has 0 saturated carbocycles. The van der Waals surface area contributed by atoms with Crippen LogP contribution in [-0.2, 0) is 4.79 Å². The summed E-state index contributed by atoms with van der Waals surface area (Å²) in [5.41, 5.74) is -0.138. The third kappa shape index (κ3) is 2.08. The molecule has 0 aromatic heterocycles. The minimum atomic E-state index is -1.19. The maximum absolute atomic E-state index is 10.9. The first kappa shape index (κ1) is 11.5. The number of carboxylic acid groups (broad SMARTS) is 1. The Kier molecular flexibility index (Phi) is 2.95. The van der Waals surface area contributed by atoms with Crippen LogP contribution < -0.4 is 5.11 Å². The SMILES string of the molecule is C[C@]1(O)C[C@H](c2ccccc2)S[C@@H]1C(=O)[O-]. The summed E-state index contributed by atoms with van der Waals surface area (Å²) in [5, 5.41) is 20.1. The molecule has 1 heterocycles. The molecule has 2 rings (SSSR count). The zero-order valence-electron chi connectivity index (χ0n) is 8.92. The van der Waals surface area contributed by atoms with Crippen LogP contribution in [0.15, 0.2) is 30.3 Å². The van der Waals surface area contributed by atoms with E-state index in [1.165, 1.54) is 11.8 Å². The van der Waals surface area contributed by atoms with Gasteiger partial charge in [-0.05, 0) is 18.9 Å². The number of hydrogen-bond donors (Lipinski definition) is 1. The van der Waals surface area contributed by atoms with Gasteiger partial charge < -0.3 is 15.0 Å². The summed E-state index contributed by atoms with van der Waals surface area (Å²) in [7, 11) is 0. The number of aliphatic hydroxyl groups is 1. The smallest absolute Gasteiger partial charge is 0.0804 e. The number of thioether (sulfide) groups is 1. The van der Waals surface area contributed by atoms with Gasteiger partial charge in [-0.1, -0.05) is 30.3 Å². The summed E-state index contributed by atoms with van der Waals surface area (Å²) in [6.07, 6.45) is 0.445. The van der Waals surface area contributed by atoms with Gasteiger partial charge in [-0.25, -0.2) is 0 Å². The van der Waals surface area contributed by atoms with Crippen molar-refractivity contribution in [1.29, 1.82) is 0 Å². The van der Waals surface area contributed by atoms with Gasteiger partial charge in [-0.3, -0.25) is 0 Å². The van der Waals surface area contributed by atoms with Crippen molar-refractivity contribution in [2.45, 2.75) is 29.4 Å². The predicted molar refractivity (Wildman–Crippen MR) is 60.8 cm³/mol. The van der Waals surface area contributed by atoms with Crippen LogP contribution in [0.1, 0.15) is 24.2 Å². The molecule has 0 spiro atoms. The molecule has 1 fully saturated rings. The van der Waals surface area contributed by atoms with Gasteiger partial charge >= 0.3 is 0 Å². The molecule has 1 aliphatic heterocycles. The predicted octanol–water partition coefficient (Wildman–Crippen LogP) is 0.734. The number of aliphatic carboxylic acids is 1. The van der Waals surface area contributed by atoms with Crippen LogP contribution in [0, 0.1) is 0 Å². The van der Waals surface area contributed by atoms with Crippen LogP contribution in [0.5, 0.6) is 0 Å². The Morgan fingerprint density at radius 3 is 2.62 bits per heavy atom. The van der Waals surface area contributed by atoms with Crippen molar-refractivity contribution in [3.8, 4) is 0 Å². The first-order valence-corrected chi connectivity index (χ1v) is 6.08. The molecule has 1 aromatic rings. The van der Waals surface area contributed by atoms with Gasteiger partial charge in [0.25, 0.3) is 0 Å². The van der Waals surface area contributed by atoms with E-state index in [0.717, 1.165) is 5.56 Å². The van der Waals surface area contributed by atoms with E-state index in [9.17, 15) is 15.0 Å². The summed E-state index contributed by atoms with van der Waals surface area (Å²) in [6, 6.07) is 9.64. The molecule has 86 valence electrons. The average Bonchev–Trinajstić information content (AvgIpc) is 2.56. The van der Waals surface area contributed by atoms with Crippen LogP contribution in [0.2, 0.25) is 0 Å². The number of carboxylic acids is 1. The zero-order valence-corrected chi connectivity index (χ0v) is 9.74. The molecular weight excluding hydrogens is 224 g/mol. The van der Waals surface area contributed by atoms with Crippen molar-refractivity contribution in [2.75, 3.05) is 0 Å². The third-order valence-corrected chi connectivity index (χ3v) is 4.59. The van der Waals surface area contributed by atoms with Gasteiger partial charge in [0.2, 0.25) is 0 Å². The molecule has 0 unspecified atom stereocenters.